The molecule has 0 amide bonds. The SMILES string of the molecule is CC(NC(C)c1ccccc1O)c1cccnc1. The smallest absolute Gasteiger partial charge is 0.120 e. The molecule has 2 atom stereocenters. The maximum absolute atomic E-state index is 9.81. The highest BCUT2D eigenvalue weighted by atomic mass is 16.3. The number of hydrogen-bond donors (Lipinski definition) is 2. The van der Waals surface area contributed by atoms with E-state index in [9.17, 15) is 5.11 Å². The van der Waals surface area contributed by atoms with Crippen LogP contribution in [0.25, 0.3) is 0 Å². The third-order valence-corrected chi connectivity index (χ3v) is 3.09. The minimum absolute atomic E-state index is 0.0846. The van der Waals surface area contributed by atoms with E-state index in [1.54, 1.807) is 12.3 Å². The second kappa shape index (κ2) is 5.65. The van der Waals surface area contributed by atoms with Crippen LogP contribution < -0.4 is 5.32 Å². The number of nitrogens with one attached hydrogen (secondary N) is 1. The third kappa shape index (κ3) is 2.87. The van der Waals surface area contributed by atoms with Gasteiger partial charge in [-0.15, -0.1) is 0 Å². The maximum atomic E-state index is 9.81. The second-order valence-corrected chi connectivity index (χ2v) is 4.46. The van der Waals surface area contributed by atoms with Crippen molar-refractivity contribution in [3.63, 3.8) is 0 Å². The van der Waals surface area contributed by atoms with Gasteiger partial charge in [0.15, 0.2) is 0 Å². The van der Waals surface area contributed by atoms with Crippen LogP contribution in [-0.2, 0) is 0 Å². The van der Waals surface area contributed by atoms with E-state index in [-0.39, 0.29) is 12.1 Å². The predicted octanol–water partition coefficient (Wildman–Crippen LogP) is 3.20. The Hall–Kier alpha value is -1.87. The molecule has 0 spiro atoms. The van der Waals surface area contributed by atoms with Crippen molar-refractivity contribution in [1.82, 2.24) is 10.3 Å². The summed E-state index contributed by atoms with van der Waals surface area (Å²) in [4.78, 5) is 4.11. The van der Waals surface area contributed by atoms with Gasteiger partial charge in [0.1, 0.15) is 5.75 Å². The highest BCUT2D eigenvalue weighted by molar-refractivity contribution is 5.34. The number of phenols is 1. The molecule has 94 valence electrons. The summed E-state index contributed by atoms with van der Waals surface area (Å²) >= 11 is 0. The molecule has 0 bridgehead atoms. The first-order valence-corrected chi connectivity index (χ1v) is 6.12. The highest BCUT2D eigenvalue weighted by Crippen LogP contribution is 2.25. The molecule has 0 aliphatic heterocycles. The van der Waals surface area contributed by atoms with Gasteiger partial charge in [-0.1, -0.05) is 24.3 Å². The summed E-state index contributed by atoms with van der Waals surface area (Å²) in [7, 11) is 0. The van der Waals surface area contributed by atoms with Crippen molar-refractivity contribution >= 4 is 0 Å². The minimum Gasteiger partial charge on any atom is -0.508 e. The molecule has 0 saturated heterocycles. The molecule has 1 aromatic heterocycles. The zero-order chi connectivity index (χ0) is 13.0. The van der Waals surface area contributed by atoms with E-state index in [0.29, 0.717) is 5.75 Å². The van der Waals surface area contributed by atoms with E-state index in [0.717, 1.165) is 11.1 Å². The number of pyridine rings is 1. The Balaban J connectivity index is 2.08. The zero-order valence-electron chi connectivity index (χ0n) is 10.7. The normalized spacial score (nSPS) is 14.1. The van der Waals surface area contributed by atoms with Gasteiger partial charge in [-0.25, -0.2) is 0 Å². The number of aromatic hydroxyl groups is 1. The monoisotopic (exact) mass is 242 g/mol. The Kier molecular flexibility index (Phi) is 3.95. The van der Waals surface area contributed by atoms with Gasteiger partial charge in [0.2, 0.25) is 0 Å². The van der Waals surface area contributed by atoms with Crippen molar-refractivity contribution in [1.29, 1.82) is 0 Å². The van der Waals surface area contributed by atoms with Gasteiger partial charge in [0.05, 0.1) is 0 Å². The molecule has 1 heterocycles. The van der Waals surface area contributed by atoms with Gasteiger partial charge < -0.3 is 10.4 Å². The van der Waals surface area contributed by atoms with E-state index < -0.39 is 0 Å². The molecule has 2 aromatic rings. The molecule has 3 nitrogen and oxygen atoms in total. The Morgan fingerprint density at radius 3 is 2.50 bits per heavy atom. The molecular formula is C15H18N2O. The molecule has 1 aromatic carbocycles. The molecule has 0 radical (unpaired) electrons. The Labute approximate surface area is 108 Å². The van der Waals surface area contributed by atoms with Crippen LogP contribution in [0.3, 0.4) is 0 Å². The summed E-state index contributed by atoms with van der Waals surface area (Å²) in [5, 5.41) is 13.3. The fourth-order valence-corrected chi connectivity index (χ4v) is 2.05. The average Bonchev–Trinajstić information content (AvgIpc) is 2.40. The number of hydrogen-bond acceptors (Lipinski definition) is 3. The highest BCUT2D eigenvalue weighted by Gasteiger charge is 2.13. The molecule has 2 rings (SSSR count). The van der Waals surface area contributed by atoms with E-state index in [2.05, 4.69) is 17.2 Å². The lowest BCUT2D eigenvalue weighted by molar-refractivity contribution is 0.438. The molecule has 3 heteroatoms. The molecule has 18 heavy (non-hydrogen) atoms. The van der Waals surface area contributed by atoms with E-state index in [1.165, 1.54) is 0 Å². The van der Waals surface area contributed by atoms with Crippen molar-refractivity contribution in [2.75, 3.05) is 0 Å². The molecule has 0 saturated carbocycles. The first kappa shape index (κ1) is 12.6. The fraction of sp³-hybridized carbons (Fsp3) is 0.267. The minimum atomic E-state index is 0.0846. The van der Waals surface area contributed by atoms with Crippen molar-refractivity contribution in [2.45, 2.75) is 25.9 Å². The van der Waals surface area contributed by atoms with Crippen molar-refractivity contribution in [3.05, 3.63) is 59.9 Å². The van der Waals surface area contributed by atoms with E-state index in [1.807, 2.05) is 43.5 Å². The first-order chi connectivity index (χ1) is 8.68. The van der Waals surface area contributed by atoms with Crippen LogP contribution in [0.2, 0.25) is 0 Å². The second-order valence-electron chi connectivity index (χ2n) is 4.46. The van der Waals surface area contributed by atoms with Gasteiger partial charge in [-0.2, -0.15) is 0 Å². The fourth-order valence-electron chi connectivity index (χ4n) is 2.05. The predicted molar refractivity (Wildman–Crippen MR) is 72.3 cm³/mol. The van der Waals surface area contributed by atoms with Crippen molar-refractivity contribution in [2.24, 2.45) is 0 Å². The molecule has 2 unspecified atom stereocenters. The number of rotatable bonds is 4. The van der Waals surface area contributed by atoms with Crippen LogP contribution in [0.4, 0.5) is 0 Å². The van der Waals surface area contributed by atoms with Gasteiger partial charge >= 0.3 is 0 Å². The first-order valence-electron chi connectivity index (χ1n) is 6.12. The lowest BCUT2D eigenvalue weighted by atomic mass is 10.0. The lowest BCUT2D eigenvalue weighted by Gasteiger charge is -2.21. The summed E-state index contributed by atoms with van der Waals surface area (Å²) in [5.41, 5.74) is 2.05. The van der Waals surface area contributed by atoms with E-state index >= 15 is 0 Å². The summed E-state index contributed by atoms with van der Waals surface area (Å²) in [6.45, 7) is 4.13. The zero-order valence-corrected chi connectivity index (χ0v) is 10.7. The van der Waals surface area contributed by atoms with Crippen LogP contribution in [0.5, 0.6) is 5.75 Å². The Bertz CT molecular complexity index is 499. The topological polar surface area (TPSA) is 45.1 Å². The molecule has 2 N–H and O–H groups in total. The third-order valence-electron chi connectivity index (χ3n) is 3.09. The largest absolute Gasteiger partial charge is 0.508 e. The number of phenolic OH excluding ortho intramolecular Hbond substituents is 1. The van der Waals surface area contributed by atoms with Crippen LogP contribution in [0.1, 0.15) is 37.1 Å². The maximum Gasteiger partial charge on any atom is 0.120 e. The molecule has 0 fully saturated rings. The lowest BCUT2D eigenvalue weighted by Crippen LogP contribution is -2.22. The van der Waals surface area contributed by atoms with Gasteiger partial charge in [0.25, 0.3) is 0 Å². The average molecular weight is 242 g/mol. The summed E-state index contributed by atoms with van der Waals surface area (Å²) in [5.74, 6) is 0.330. The molecular weight excluding hydrogens is 224 g/mol. The quantitative estimate of drug-likeness (QED) is 0.865. The van der Waals surface area contributed by atoms with Gasteiger partial charge in [-0.05, 0) is 31.5 Å². The van der Waals surface area contributed by atoms with Crippen LogP contribution in [-0.4, -0.2) is 10.1 Å². The van der Waals surface area contributed by atoms with Crippen molar-refractivity contribution in [3.8, 4) is 5.75 Å². The summed E-state index contributed by atoms with van der Waals surface area (Å²) in [6, 6.07) is 11.7. The van der Waals surface area contributed by atoms with Gasteiger partial charge in [0, 0.05) is 30.0 Å². The summed E-state index contributed by atoms with van der Waals surface area (Å²) in [6.07, 6.45) is 3.62. The van der Waals surface area contributed by atoms with Crippen molar-refractivity contribution < 1.29 is 5.11 Å². The van der Waals surface area contributed by atoms with Gasteiger partial charge in [-0.3, -0.25) is 4.98 Å². The standard InChI is InChI=1S/C15H18N2O/c1-11(13-6-5-9-16-10-13)17-12(2)14-7-3-4-8-15(14)18/h3-12,17-18H,1-2H3. The molecule has 0 aliphatic rings. The summed E-state index contributed by atoms with van der Waals surface area (Å²) < 4.78 is 0. The number of para-hydroxylation sites is 1. The van der Waals surface area contributed by atoms with E-state index in [4.69, 9.17) is 0 Å². The number of benzene rings is 1. The van der Waals surface area contributed by atoms with Crippen LogP contribution >= 0.6 is 0 Å². The Morgan fingerprint density at radius 1 is 1.06 bits per heavy atom. The molecule has 0 aliphatic carbocycles. The van der Waals surface area contributed by atoms with Crippen LogP contribution in [0.15, 0.2) is 48.8 Å². The number of aromatic nitrogens is 1. The van der Waals surface area contributed by atoms with Crippen LogP contribution in [0, 0.1) is 0 Å². The number of nitrogens with zero attached hydrogens (tertiary/aromatic N) is 1. The Morgan fingerprint density at radius 2 is 1.83 bits per heavy atom.